The highest BCUT2D eigenvalue weighted by atomic mass is 16.5. The number of benzene rings is 1. The summed E-state index contributed by atoms with van der Waals surface area (Å²) in [4.78, 5) is 23.3. The van der Waals surface area contributed by atoms with Gasteiger partial charge in [0.2, 0.25) is 5.91 Å². The lowest BCUT2D eigenvalue weighted by atomic mass is 10.0. The molecule has 0 radical (unpaired) electrons. The van der Waals surface area contributed by atoms with Gasteiger partial charge in [-0.3, -0.25) is 9.59 Å². The van der Waals surface area contributed by atoms with Gasteiger partial charge >= 0.3 is 5.97 Å². The minimum Gasteiger partial charge on any atom is -0.466 e. The molecule has 1 fully saturated rings. The van der Waals surface area contributed by atoms with Gasteiger partial charge in [-0.15, -0.1) is 0 Å². The molecule has 0 aliphatic carbocycles. The topological polar surface area (TPSA) is 67.4 Å². The molecule has 1 aliphatic heterocycles. The third-order valence-electron chi connectivity index (χ3n) is 3.28. The first-order valence-corrected chi connectivity index (χ1v) is 6.92. The summed E-state index contributed by atoms with van der Waals surface area (Å²) in [7, 11) is 0. The van der Waals surface area contributed by atoms with Crippen LogP contribution < -0.4 is 10.6 Å². The van der Waals surface area contributed by atoms with E-state index in [2.05, 4.69) is 10.6 Å². The molecule has 1 heterocycles. The minimum absolute atomic E-state index is 0.0195. The van der Waals surface area contributed by atoms with Crippen LogP contribution in [0.25, 0.3) is 0 Å². The Balaban J connectivity index is 1.91. The van der Waals surface area contributed by atoms with Crippen molar-refractivity contribution in [1.29, 1.82) is 0 Å². The molecule has 1 aromatic rings. The third kappa shape index (κ3) is 4.06. The summed E-state index contributed by atoms with van der Waals surface area (Å²) in [6.45, 7) is 2.63. The Morgan fingerprint density at radius 1 is 1.35 bits per heavy atom. The lowest BCUT2D eigenvalue weighted by molar-refractivity contribution is -0.144. The highest BCUT2D eigenvalue weighted by molar-refractivity contribution is 5.83. The SMILES string of the molecule is CCOC(=O)C[C@@H]1CNC(=O)[C@H](Cc2ccccc2)N1. The summed E-state index contributed by atoms with van der Waals surface area (Å²) >= 11 is 0. The van der Waals surface area contributed by atoms with E-state index in [0.717, 1.165) is 5.56 Å². The number of carbonyl (C=O) groups excluding carboxylic acids is 2. The minimum atomic E-state index is -0.300. The molecule has 0 aromatic heterocycles. The van der Waals surface area contributed by atoms with E-state index in [1.807, 2.05) is 30.3 Å². The van der Waals surface area contributed by atoms with Crippen molar-refractivity contribution in [3.8, 4) is 0 Å². The normalized spacial score (nSPS) is 22.1. The number of nitrogens with one attached hydrogen (secondary N) is 2. The van der Waals surface area contributed by atoms with E-state index >= 15 is 0 Å². The molecular formula is C15H20N2O3. The van der Waals surface area contributed by atoms with Gasteiger partial charge in [0.05, 0.1) is 19.1 Å². The smallest absolute Gasteiger partial charge is 0.307 e. The van der Waals surface area contributed by atoms with Crippen LogP contribution in [0.3, 0.4) is 0 Å². The Hall–Kier alpha value is -1.88. The first-order valence-electron chi connectivity index (χ1n) is 6.92. The molecule has 1 saturated heterocycles. The molecule has 0 saturated carbocycles. The first kappa shape index (κ1) is 14.5. The Morgan fingerprint density at radius 2 is 2.10 bits per heavy atom. The van der Waals surface area contributed by atoms with Crippen molar-refractivity contribution in [2.24, 2.45) is 0 Å². The summed E-state index contributed by atoms with van der Waals surface area (Å²) in [6, 6.07) is 9.46. The fourth-order valence-electron chi connectivity index (χ4n) is 2.32. The Labute approximate surface area is 118 Å². The van der Waals surface area contributed by atoms with E-state index in [9.17, 15) is 9.59 Å². The van der Waals surface area contributed by atoms with Gasteiger partial charge in [0, 0.05) is 12.6 Å². The fraction of sp³-hybridized carbons (Fsp3) is 0.467. The van der Waals surface area contributed by atoms with Gasteiger partial charge in [0.25, 0.3) is 0 Å². The van der Waals surface area contributed by atoms with Crippen molar-refractivity contribution in [3.63, 3.8) is 0 Å². The highest BCUT2D eigenvalue weighted by Gasteiger charge is 2.29. The van der Waals surface area contributed by atoms with Crippen LogP contribution in [-0.2, 0) is 20.7 Å². The molecule has 0 bridgehead atoms. The predicted octanol–water partition coefficient (Wildman–Crippen LogP) is 0.639. The van der Waals surface area contributed by atoms with E-state index in [0.29, 0.717) is 19.6 Å². The monoisotopic (exact) mass is 276 g/mol. The van der Waals surface area contributed by atoms with Crippen LogP contribution in [0, 0.1) is 0 Å². The second kappa shape index (κ2) is 7.05. The quantitative estimate of drug-likeness (QED) is 0.775. The molecule has 2 atom stereocenters. The summed E-state index contributed by atoms with van der Waals surface area (Å²) in [5.41, 5.74) is 1.09. The van der Waals surface area contributed by atoms with E-state index in [4.69, 9.17) is 4.74 Å². The zero-order valence-corrected chi connectivity index (χ0v) is 11.6. The second-order valence-corrected chi connectivity index (χ2v) is 4.86. The standard InChI is InChI=1S/C15H20N2O3/c1-2-20-14(18)9-12-10-16-15(19)13(17-12)8-11-6-4-3-5-7-11/h3-7,12-13,17H,2,8-10H2,1H3,(H,16,19)/t12-,13+/m1/s1. The highest BCUT2D eigenvalue weighted by Crippen LogP contribution is 2.08. The molecule has 5 nitrogen and oxygen atoms in total. The van der Waals surface area contributed by atoms with Crippen LogP contribution in [0.15, 0.2) is 30.3 Å². The number of rotatable bonds is 5. The largest absolute Gasteiger partial charge is 0.466 e. The van der Waals surface area contributed by atoms with Crippen LogP contribution in [0.4, 0.5) is 0 Å². The van der Waals surface area contributed by atoms with E-state index in [1.165, 1.54) is 0 Å². The zero-order valence-electron chi connectivity index (χ0n) is 11.6. The number of piperazine rings is 1. The number of amides is 1. The molecule has 0 unspecified atom stereocenters. The maximum Gasteiger partial charge on any atom is 0.307 e. The number of carbonyl (C=O) groups is 2. The lowest BCUT2D eigenvalue weighted by Gasteiger charge is -2.30. The van der Waals surface area contributed by atoms with Crippen molar-refractivity contribution in [1.82, 2.24) is 10.6 Å². The maximum atomic E-state index is 11.9. The predicted molar refractivity (Wildman–Crippen MR) is 75.1 cm³/mol. The molecule has 1 amide bonds. The van der Waals surface area contributed by atoms with Gasteiger partial charge in [-0.05, 0) is 18.9 Å². The van der Waals surface area contributed by atoms with Crippen LogP contribution >= 0.6 is 0 Å². The molecule has 1 aromatic carbocycles. The van der Waals surface area contributed by atoms with Crippen molar-refractivity contribution >= 4 is 11.9 Å². The molecule has 108 valence electrons. The van der Waals surface area contributed by atoms with Crippen molar-refractivity contribution in [3.05, 3.63) is 35.9 Å². The Morgan fingerprint density at radius 3 is 2.80 bits per heavy atom. The fourth-order valence-corrected chi connectivity index (χ4v) is 2.32. The van der Waals surface area contributed by atoms with Gasteiger partial charge in [-0.2, -0.15) is 0 Å². The summed E-state index contributed by atoms with van der Waals surface area (Å²) in [5, 5.41) is 6.07. The van der Waals surface area contributed by atoms with Gasteiger partial charge in [-0.25, -0.2) is 0 Å². The Kier molecular flexibility index (Phi) is 5.12. The van der Waals surface area contributed by atoms with Gasteiger partial charge in [0.15, 0.2) is 0 Å². The number of hydrogen-bond donors (Lipinski definition) is 2. The van der Waals surface area contributed by atoms with E-state index < -0.39 is 0 Å². The first-order chi connectivity index (χ1) is 9.69. The van der Waals surface area contributed by atoms with Gasteiger partial charge < -0.3 is 15.4 Å². The van der Waals surface area contributed by atoms with Crippen LogP contribution in [0.2, 0.25) is 0 Å². The number of esters is 1. The maximum absolute atomic E-state index is 11.9. The van der Waals surface area contributed by atoms with E-state index in [1.54, 1.807) is 6.92 Å². The number of ether oxygens (including phenoxy) is 1. The number of hydrogen-bond acceptors (Lipinski definition) is 4. The van der Waals surface area contributed by atoms with Crippen molar-refractivity contribution in [2.75, 3.05) is 13.2 Å². The summed E-state index contributed by atoms with van der Waals surface area (Å²) in [6.07, 6.45) is 0.894. The molecule has 5 heteroatoms. The average molecular weight is 276 g/mol. The molecule has 2 N–H and O–H groups in total. The third-order valence-corrected chi connectivity index (χ3v) is 3.28. The Bertz CT molecular complexity index is 461. The molecular weight excluding hydrogens is 256 g/mol. The van der Waals surface area contributed by atoms with Crippen LogP contribution in [-0.4, -0.2) is 37.1 Å². The second-order valence-electron chi connectivity index (χ2n) is 4.86. The summed E-state index contributed by atoms with van der Waals surface area (Å²) < 4.78 is 4.93. The lowest BCUT2D eigenvalue weighted by Crippen LogP contribution is -2.59. The molecule has 1 aliphatic rings. The van der Waals surface area contributed by atoms with E-state index in [-0.39, 0.29) is 30.4 Å². The molecule has 0 spiro atoms. The molecule has 20 heavy (non-hydrogen) atoms. The molecule has 2 rings (SSSR count). The van der Waals surface area contributed by atoms with Crippen molar-refractivity contribution < 1.29 is 14.3 Å². The van der Waals surface area contributed by atoms with Crippen LogP contribution in [0.5, 0.6) is 0 Å². The van der Waals surface area contributed by atoms with Crippen LogP contribution in [0.1, 0.15) is 18.9 Å². The van der Waals surface area contributed by atoms with Gasteiger partial charge in [0.1, 0.15) is 0 Å². The average Bonchev–Trinajstić information content (AvgIpc) is 2.44. The zero-order chi connectivity index (χ0) is 14.4. The van der Waals surface area contributed by atoms with Crippen molar-refractivity contribution in [2.45, 2.75) is 31.8 Å². The van der Waals surface area contributed by atoms with Gasteiger partial charge in [-0.1, -0.05) is 30.3 Å². The summed E-state index contributed by atoms with van der Waals surface area (Å²) in [5.74, 6) is -0.256.